The average Bonchev–Trinajstić information content (AvgIpc) is 3.30. The molecule has 1 saturated carbocycles. The Morgan fingerprint density at radius 1 is 1.19 bits per heavy atom. The Balaban J connectivity index is 0.000000235. The van der Waals surface area contributed by atoms with Crippen LogP contribution in [0.25, 0.3) is 0 Å². The molecule has 0 radical (unpaired) electrons. The first-order valence-electron chi connectivity index (χ1n) is 11.9. The molecule has 1 aliphatic carbocycles. The van der Waals surface area contributed by atoms with Gasteiger partial charge >= 0.3 is 0 Å². The lowest BCUT2D eigenvalue weighted by Gasteiger charge is -2.23. The van der Waals surface area contributed by atoms with Gasteiger partial charge in [-0.2, -0.15) is 5.10 Å². The van der Waals surface area contributed by atoms with Crippen molar-refractivity contribution in [3.8, 4) is 5.75 Å². The third-order valence-corrected chi connectivity index (χ3v) is 5.71. The number of nitrogens with one attached hydrogen (secondary N) is 3. The van der Waals surface area contributed by atoms with Gasteiger partial charge in [0.2, 0.25) is 5.91 Å². The second kappa shape index (κ2) is 15.4. The second-order valence-electron chi connectivity index (χ2n) is 8.35. The van der Waals surface area contributed by atoms with E-state index in [9.17, 15) is 4.79 Å². The molecule has 7 nitrogen and oxygen atoms in total. The molecule has 2 aromatic rings. The van der Waals surface area contributed by atoms with Crippen molar-refractivity contribution in [2.24, 2.45) is 0 Å². The van der Waals surface area contributed by atoms with Gasteiger partial charge in [-0.1, -0.05) is 44.4 Å². The number of carbonyl (C=O) groups excluding carboxylic acids is 1. The average molecular weight is 444 g/mol. The first-order chi connectivity index (χ1) is 15.6. The van der Waals surface area contributed by atoms with E-state index in [2.05, 4.69) is 32.8 Å². The molecule has 0 saturated heterocycles. The number of hydrogen-bond donors (Lipinski definition) is 3. The Morgan fingerprint density at radius 2 is 1.94 bits per heavy atom. The van der Waals surface area contributed by atoms with E-state index < -0.39 is 0 Å². The highest BCUT2D eigenvalue weighted by Crippen LogP contribution is 2.33. The number of H-pyrrole nitrogens is 1. The Kier molecular flexibility index (Phi) is 12.5. The second-order valence-corrected chi connectivity index (χ2v) is 8.35. The van der Waals surface area contributed by atoms with Crippen molar-refractivity contribution < 1.29 is 9.53 Å². The lowest BCUT2D eigenvalue weighted by molar-refractivity contribution is -0.120. The van der Waals surface area contributed by atoms with Crippen LogP contribution in [-0.2, 0) is 11.3 Å². The van der Waals surface area contributed by atoms with Crippen molar-refractivity contribution in [2.45, 2.75) is 57.9 Å². The molecule has 0 aliphatic heterocycles. The van der Waals surface area contributed by atoms with Crippen molar-refractivity contribution in [3.63, 3.8) is 0 Å². The van der Waals surface area contributed by atoms with Gasteiger partial charge in [0.1, 0.15) is 12.4 Å². The van der Waals surface area contributed by atoms with Gasteiger partial charge in [0.15, 0.2) is 0 Å². The quantitative estimate of drug-likeness (QED) is 0.461. The van der Waals surface area contributed by atoms with E-state index in [1.54, 1.807) is 0 Å². The highest BCUT2D eigenvalue weighted by Gasteiger charge is 2.20. The number of rotatable bonds is 11. The smallest absolute Gasteiger partial charge is 0.219 e. The Morgan fingerprint density at radius 3 is 2.62 bits per heavy atom. The predicted octanol–water partition coefficient (Wildman–Crippen LogP) is 3.70. The summed E-state index contributed by atoms with van der Waals surface area (Å²) in [7, 11) is 4.17. The van der Waals surface area contributed by atoms with Crippen LogP contribution in [0.5, 0.6) is 5.75 Å². The van der Waals surface area contributed by atoms with E-state index >= 15 is 0 Å². The molecule has 0 atom stereocenters. The van der Waals surface area contributed by atoms with E-state index in [0.29, 0.717) is 25.5 Å². The van der Waals surface area contributed by atoms with E-state index in [1.165, 1.54) is 43.4 Å². The van der Waals surface area contributed by atoms with Crippen LogP contribution in [0, 0.1) is 0 Å². The van der Waals surface area contributed by atoms with Crippen LogP contribution < -0.4 is 15.4 Å². The topological polar surface area (TPSA) is 82.3 Å². The highest BCUT2D eigenvalue weighted by molar-refractivity contribution is 5.75. The van der Waals surface area contributed by atoms with Crippen molar-refractivity contribution in [2.75, 3.05) is 40.3 Å². The van der Waals surface area contributed by atoms with Crippen LogP contribution in [0.2, 0.25) is 0 Å². The zero-order chi connectivity index (χ0) is 23.0. The minimum Gasteiger partial charge on any atom is -0.492 e. The van der Waals surface area contributed by atoms with Gasteiger partial charge in [-0.25, -0.2) is 0 Å². The van der Waals surface area contributed by atoms with E-state index in [-0.39, 0.29) is 5.91 Å². The maximum absolute atomic E-state index is 10.9. The summed E-state index contributed by atoms with van der Waals surface area (Å²) in [6.45, 7) is 6.01. The molecule has 1 aliphatic rings. The number of para-hydroxylation sites is 1. The lowest BCUT2D eigenvalue weighted by Crippen LogP contribution is -2.27. The number of aromatic nitrogens is 2. The molecule has 0 spiro atoms. The summed E-state index contributed by atoms with van der Waals surface area (Å²) in [6, 6.07) is 9.55. The Labute approximate surface area is 193 Å². The van der Waals surface area contributed by atoms with Crippen LogP contribution in [-0.4, -0.2) is 61.3 Å². The molecule has 1 heterocycles. The van der Waals surface area contributed by atoms with Crippen molar-refractivity contribution in [3.05, 3.63) is 47.8 Å². The fourth-order valence-corrected chi connectivity index (χ4v) is 3.87. The summed E-state index contributed by atoms with van der Waals surface area (Å²) in [4.78, 5) is 13.2. The van der Waals surface area contributed by atoms with Crippen LogP contribution in [0.15, 0.2) is 36.5 Å². The molecular weight excluding hydrogens is 402 g/mol. The fraction of sp³-hybridized carbons (Fsp3) is 0.600. The van der Waals surface area contributed by atoms with Crippen LogP contribution in [0.1, 0.15) is 62.6 Å². The third-order valence-electron chi connectivity index (χ3n) is 5.71. The molecule has 7 heteroatoms. The molecule has 3 rings (SSSR count). The number of ether oxygens (including phenoxy) is 1. The maximum Gasteiger partial charge on any atom is 0.219 e. The highest BCUT2D eigenvalue weighted by atomic mass is 16.5. The number of likely N-dealkylation sites (N-methyl/N-ethyl adjacent to an activating group) is 2. The summed E-state index contributed by atoms with van der Waals surface area (Å²) in [5, 5.41) is 13.4. The number of aromatic amines is 1. The number of benzene rings is 1. The lowest BCUT2D eigenvalue weighted by atomic mass is 9.85. The maximum atomic E-state index is 10.9. The van der Waals surface area contributed by atoms with Gasteiger partial charge in [0.05, 0.1) is 12.7 Å². The van der Waals surface area contributed by atoms with E-state index in [1.807, 2.05) is 50.5 Å². The largest absolute Gasteiger partial charge is 0.492 e. The zero-order valence-electron chi connectivity index (χ0n) is 20.0. The zero-order valence-corrected chi connectivity index (χ0v) is 20.0. The number of hydrogen-bond acceptors (Lipinski definition) is 5. The molecule has 1 aromatic carbocycles. The molecule has 32 heavy (non-hydrogen) atoms. The summed E-state index contributed by atoms with van der Waals surface area (Å²) in [6.07, 6.45) is 9.34. The summed E-state index contributed by atoms with van der Waals surface area (Å²) >= 11 is 0. The molecule has 3 N–H and O–H groups in total. The standard InChI is InChI=1S/C14H26N4.C11H15NO2/c1-15-8-9-18(2)11-13-10-16-17-14(13)12-6-4-3-5-7-12;1-2-11(13)12-8-9-14-10-6-4-3-5-7-10/h10,12,15H,3-9,11H2,1-2H3,(H,16,17);3-7H,2,8-9H2,1H3,(H,12,13). The predicted molar refractivity (Wildman–Crippen MR) is 130 cm³/mol. The van der Waals surface area contributed by atoms with Crippen molar-refractivity contribution in [1.82, 2.24) is 25.7 Å². The Bertz CT molecular complexity index is 744. The first-order valence-corrected chi connectivity index (χ1v) is 11.9. The summed E-state index contributed by atoms with van der Waals surface area (Å²) in [5.41, 5.74) is 2.78. The minimum atomic E-state index is 0.0571. The number of nitrogens with zero attached hydrogens (tertiary/aromatic N) is 2. The third kappa shape index (κ3) is 9.83. The van der Waals surface area contributed by atoms with Crippen molar-refractivity contribution in [1.29, 1.82) is 0 Å². The van der Waals surface area contributed by atoms with Gasteiger partial charge in [-0.3, -0.25) is 9.89 Å². The van der Waals surface area contributed by atoms with Crippen LogP contribution in [0.3, 0.4) is 0 Å². The number of amides is 1. The SMILES string of the molecule is CCC(=O)NCCOc1ccccc1.CNCCN(C)Cc1cn[nH]c1C1CCCCC1. The molecule has 1 fully saturated rings. The molecule has 0 bridgehead atoms. The van der Waals surface area contributed by atoms with Gasteiger partial charge in [-0.05, 0) is 39.1 Å². The molecular formula is C25H41N5O2. The minimum absolute atomic E-state index is 0.0571. The molecule has 0 unspecified atom stereocenters. The monoisotopic (exact) mass is 443 g/mol. The van der Waals surface area contributed by atoms with E-state index in [0.717, 1.165) is 25.4 Å². The van der Waals surface area contributed by atoms with Gasteiger partial charge in [-0.15, -0.1) is 0 Å². The van der Waals surface area contributed by atoms with Crippen molar-refractivity contribution >= 4 is 5.91 Å². The summed E-state index contributed by atoms with van der Waals surface area (Å²) < 4.78 is 5.39. The van der Waals surface area contributed by atoms with Crippen LogP contribution in [0.4, 0.5) is 0 Å². The molecule has 1 amide bonds. The van der Waals surface area contributed by atoms with Gasteiger partial charge < -0.3 is 20.3 Å². The number of carbonyl (C=O) groups is 1. The van der Waals surface area contributed by atoms with Gasteiger partial charge in [0, 0.05) is 43.2 Å². The fourth-order valence-electron chi connectivity index (χ4n) is 3.87. The summed E-state index contributed by atoms with van der Waals surface area (Å²) in [5.74, 6) is 1.61. The van der Waals surface area contributed by atoms with Crippen LogP contribution >= 0.6 is 0 Å². The Hall–Kier alpha value is -2.38. The van der Waals surface area contributed by atoms with Gasteiger partial charge in [0.25, 0.3) is 0 Å². The molecule has 1 aromatic heterocycles. The normalized spacial score (nSPS) is 14.0. The first kappa shape index (κ1) is 25.9. The van der Waals surface area contributed by atoms with E-state index in [4.69, 9.17) is 4.74 Å². The molecule has 178 valence electrons.